The minimum atomic E-state index is -4.52. The number of benzene rings is 1. The third kappa shape index (κ3) is 6.25. The van der Waals surface area contributed by atoms with Crippen LogP contribution in [0.5, 0.6) is 5.75 Å². The molecule has 2 N–H and O–H groups in total. The first kappa shape index (κ1) is 23.6. The number of hydrogen-bond acceptors (Lipinski definition) is 5. The first-order valence-electron chi connectivity index (χ1n) is 9.89. The molecule has 172 valence electrons. The van der Waals surface area contributed by atoms with Crippen LogP contribution < -0.4 is 20.5 Å². The van der Waals surface area contributed by atoms with Gasteiger partial charge in [-0.3, -0.25) is 20.4 Å². The van der Waals surface area contributed by atoms with Crippen molar-refractivity contribution < 1.29 is 27.5 Å². The molecule has 1 aliphatic rings. The Labute approximate surface area is 187 Å². The van der Waals surface area contributed by atoms with E-state index in [-0.39, 0.29) is 29.3 Å². The number of carbonyl (C=O) groups is 2. The summed E-state index contributed by atoms with van der Waals surface area (Å²) in [6.07, 6.45) is -2.91. The van der Waals surface area contributed by atoms with E-state index in [1.165, 1.54) is 0 Å². The minimum Gasteiger partial charge on any atom is -0.484 e. The van der Waals surface area contributed by atoms with Crippen LogP contribution in [0.2, 0.25) is 5.02 Å². The summed E-state index contributed by atoms with van der Waals surface area (Å²) in [5.41, 5.74) is 4.79. The Morgan fingerprint density at radius 1 is 1.22 bits per heavy atom. The van der Waals surface area contributed by atoms with Crippen LogP contribution in [0.4, 0.5) is 19.0 Å². The van der Waals surface area contributed by atoms with Crippen molar-refractivity contribution in [1.29, 1.82) is 0 Å². The molecule has 0 spiro atoms. The number of nitrogens with zero attached hydrogens (tertiary/aromatic N) is 2. The van der Waals surface area contributed by atoms with Gasteiger partial charge in [0.2, 0.25) is 5.91 Å². The summed E-state index contributed by atoms with van der Waals surface area (Å²) in [4.78, 5) is 29.8. The highest BCUT2D eigenvalue weighted by Crippen LogP contribution is 2.34. The molecule has 11 heteroatoms. The van der Waals surface area contributed by atoms with E-state index in [0.717, 1.165) is 17.8 Å². The number of alkyl halides is 3. The molecule has 0 radical (unpaired) electrons. The Morgan fingerprint density at radius 3 is 2.56 bits per heavy atom. The van der Waals surface area contributed by atoms with E-state index in [1.54, 1.807) is 17.0 Å². The van der Waals surface area contributed by atoms with Crippen molar-refractivity contribution in [3.05, 3.63) is 52.7 Å². The second kappa shape index (κ2) is 10.1. The van der Waals surface area contributed by atoms with E-state index < -0.39 is 17.6 Å². The van der Waals surface area contributed by atoms with E-state index in [2.05, 4.69) is 15.8 Å². The molecule has 2 aromatic rings. The average Bonchev–Trinajstić information content (AvgIpc) is 2.75. The molecule has 2 heterocycles. The largest absolute Gasteiger partial charge is 0.484 e. The molecule has 1 aromatic heterocycles. The van der Waals surface area contributed by atoms with Crippen molar-refractivity contribution in [3.63, 3.8) is 0 Å². The SMILES string of the molecule is Cc1cccc(OCC(=O)NNC(=O)C2CCN(c3ncc(C(F)(F)F)cc3Cl)CC2)c1. The molecule has 3 rings (SSSR count). The second-order valence-corrected chi connectivity index (χ2v) is 7.84. The summed E-state index contributed by atoms with van der Waals surface area (Å²) in [5.74, 6) is -0.412. The molecule has 1 saturated heterocycles. The quantitative estimate of drug-likeness (QED) is 0.653. The molecular weight excluding hydrogens is 449 g/mol. The monoisotopic (exact) mass is 470 g/mol. The van der Waals surface area contributed by atoms with Gasteiger partial charge < -0.3 is 9.64 Å². The highest BCUT2D eigenvalue weighted by molar-refractivity contribution is 6.33. The summed E-state index contributed by atoms with van der Waals surface area (Å²) in [6, 6.07) is 8.07. The van der Waals surface area contributed by atoms with Crippen LogP contribution in [-0.4, -0.2) is 36.5 Å². The zero-order valence-corrected chi connectivity index (χ0v) is 18.0. The lowest BCUT2D eigenvalue weighted by Crippen LogP contribution is -2.48. The van der Waals surface area contributed by atoms with Crippen molar-refractivity contribution >= 4 is 29.2 Å². The number of carbonyl (C=O) groups excluding carboxylic acids is 2. The Bertz CT molecular complexity index is 979. The van der Waals surface area contributed by atoms with Crippen LogP contribution in [0, 0.1) is 12.8 Å². The van der Waals surface area contributed by atoms with Crippen LogP contribution in [0.1, 0.15) is 24.0 Å². The van der Waals surface area contributed by atoms with E-state index in [1.807, 2.05) is 19.1 Å². The van der Waals surface area contributed by atoms with E-state index >= 15 is 0 Å². The number of nitrogens with one attached hydrogen (secondary N) is 2. The number of halogens is 4. The maximum absolute atomic E-state index is 12.8. The maximum atomic E-state index is 12.8. The number of hydrogen-bond donors (Lipinski definition) is 2. The summed E-state index contributed by atoms with van der Waals surface area (Å²) in [5, 5.41) is -0.0939. The lowest BCUT2D eigenvalue weighted by molar-refractivity contribution is -0.137. The molecule has 7 nitrogen and oxygen atoms in total. The van der Waals surface area contributed by atoms with Gasteiger partial charge in [0.1, 0.15) is 11.6 Å². The van der Waals surface area contributed by atoms with Gasteiger partial charge in [-0.2, -0.15) is 13.2 Å². The molecule has 0 unspecified atom stereocenters. The molecule has 1 aliphatic heterocycles. The van der Waals surface area contributed by atoms with Crippen molar-refractivity contribution in [2.45, 2.75) is 25.9 Å². The van der Waals surface area contributed by atoms with Crippen molar-refractivity contribution in [2.75, 3.05) is 24.6 Å². The fourth-order valence-electron chi connectivity index (χ4n) is 3.30. The topological polar surface area (TPSA) is 83.6 Å². The van der Waals surface area contributed by atoms with Gasteiger partial charge in [0.25, 0.3) is 5.91 Å². The van der Waals surface area contributed by atoms with Gasteiger partial charge in [0.15, 0.2) is 6.61 Å². The number of ether oxygens (including phenoxy) is 1. The number of hydrazine groups is 1. The molecule has 0 atom stereocenters. The lowest BCUT2D eigenvalue weighted by Gasteiger charge is -2.32. The standard InChI is InChI=1S/C21H22ClF3N4O3/c1-13-3-2-4-16(9-13)32-12-18(30)27-28-20(31)14-5-7-29(8-6-14)19-17(22)10-15(11-26-19)21(23,24)25/h2-4,9-11,14H,5-8,12H2,1H3,(H,27,30)(H,28,31). The molecule has 2 amide bonds. The van der Waals surface area contributed by atoms with Gasteiger partial charge in [-0.15, -0.1) is 0 Å². The zero-order valence-electron chi connectivity index (χ0n) is 17.2. The summed E-state index contributed by atoms with van der Waals surface area (Å²) in [6.45, 7) is 2.43. The summed E-state index contributed by atoms with van der Waals surface area (Å²) in [7, 11) is 0. The average molecular weight is 471 g/mol. The Morgan fingerprint density at radius 2 is 1.94 bits per heavy atom. The van der Waals surface area contributed by atoms with Crippen LogP contribution in [0.3, 0.4) is 0 Å². The van der Waals surface area contributed by atoms with Crippen LogP contribution in [-0.2, 0) is 15.8 Å². The first-order valence-corrected chi connectivity index (χ1v) is 10.3. The Hall–Kier alpha value is -3.01. The van der Waals surface area contributed by atoms with Gasteiger partial charge >= 0.3 is 6.18 Å². The normalized spacial score (nSPS) is 14.7. The van der Waals surface area contributed by atoms with Crippen molar-refractivity contribution in [2.24, 2.45) is 5.92 Å². The third-order valence-electron chi connectivity index (χ3n) is 5.00. The van der Waals surface area contributed by atoms with Crippen LogP contribution >= 0.6 is 11.6 Å². The first-order chi connectivity index (χ1) is 15.1. The highest BCUT2D eigenvalue weighted by Gasteiger charge is 2.33. The summed E-state index contributed by atoms with van der Waals surface area (Å²) >= 11 is 5.99. The van der Waals surface area contributed by atoms with Crippen LogP contribution in [0.25, 0.3) is 0 Å². The molecule has 1 fully saturated rings. The number of rotatable bonds is 5. The van der Waals surface area contributed by atoms with Gasteiger partial charge in [0, 0.05) is 25.2 Å². The van der Waals surface area contributed by atoms with Gasteiger partial charge in [-0.05, 0) is 43.5 Å². The fraction of sp³-hybridized carbons (Fsp3) is 0.381. The molecule has 0 aliphatic carbocycles. The number of anilines is 1. The smallest absolute Gasteiger partial charge is 0.417 e. The zero-order chi connectivity index (χ0) is 23.3. The second-order valence-electron chi connectivity index (χ2n) is 7.43. The van der Waals surface area contributed by atoms with E-state index in [0.29, 0.717) is 31.7 Å². The number of piperidine rings is 1. The van der Waals surface area contributed by atoms with Crippen molar-refractivity contribution in [1.82, 2.24) is 15.8 Å². The van der Waals surface area contributed by atoms with Crippen LogP contribution in [0.15, 0.2) is 36.5 Å². The third-order valence-corrected chi connectivity index (χ3v) is 5.28. The molecule has 0 saturated carbocycles. The molecule has 1 aromatic carbocycles. The Kier molecular flexibility index (Phi) is 7.44. The minimum absolute atomic E-state index is 0.0939. The molecular formula is C21H22ClF3N4O3. The van der Waals surface area contributed by atoms with Gasteiger partial charge in [-0.1, -0.05) is 23.7 Å². The number of aromatic nitrogens is 1. The summed E-state index contributed by atoms with van der Waals surface area (Å²) < 4.78 is 43.7. The molecule has 0 bridgehead atoms. The lowest BCUT2D eigenvalue weighted by atomic mass is 9.96. The predicted molar refractivity (Wildman–Crippen MR) is 112 cm³/mol. The maximum Gasteiger partial charge on any atom is 0.417 e. The number of aryl methyl sites for hydroxylation is 1. The molecule has 32 heavy (non-hydrogen) atoms. The van der Waals surface area contributed by atoms with Gasteiger partial charge in [-0.25, -0.2) is 4.98 Å². The van der Waals surface area contributed by atoms with E-state index in [4.69, 9.17) is 16.3 Å². The number of pyridine rings is 1. The fourth-order valence-corrected chi connectivity index (χ4v) is 3.58. The number of amides is 2. The van der Waals surface area contributed by atoms with Gasteiger partial charge in [0.05, 0.1) is 10.6 Å². The van der Waals surface area contributed by atoms with Crippen molar-refractivity contribution in [3.8, 4) is 5.75 Å². The predicted octanol–water partition coefficient (Wildman–Crippen LogP) is 3.51. The van der Waals surface area contributed by atoms with E-state index in [9.17, 15) is 22.8 Å². The highest BCUT2D eigenvalue weighted by atomic mass is 35.5. The Balaban J connectivity index is 1.44.